The lowest BCUT2D eigenvalue weighted by molar-refractivity contribution is 0.113. The average molecular weight is 567 g/mol. The number of nitrogens with zero attached hydrogens (tertiary/aromatic N) is 4. The third-order valence-corrected chi connectivity index (χ3v) is 8.41. The number of fused-ring (bicyclic) bond motifs is 7. The molecule has 0 amide bonds. The van der Waals surface area contributed by atoms with Gasteiger partial charge in [0, 0.05) is 60.3 Å². The van der Waals surface area contributed by atoms with E-state index in [1.54, 1.807) is 38.5 Å². The quantitative estimate of drug-likeness (QED) is 0.305. The Hall–Kier alpha value is -4.90. The number of aromatic amines is 2. The molecule has 11 nitrogen and oxygen atoms in total. The molecule has 7 rings (SSSR count). The van der Waals surface area contributed by atoms with Gasteiger partial charge in [-0.1, -0.05) is 6.07 Å². The van der Waals surface area contributed by atoms with Crippen molar-refractivity contribution in [3.8, 4) is 11.5 Å². The number of piperidine rings is 1. The second kappa shape index (κ2) is 10.2. The summed E-state index contributed by atoms with van der Waals surface area (Å²) in [7, 11) is 3.20. The minimum atomic E-state index is -0.638. The molecule has 11 heteroatoms. The summed E-state index contributed by atoms with van der Waals surface area (Å²) in [6, 6.07) is 16.6. The molecule has 42 heavy (non-hydrogen) atoms. The smallest absolute Gasteiger partial charge is 0.350 e. The zero-order valence-electron chi connectivity index (χ0n) is 23.3. The number of ether oxygens (including phenoxy) is 2. The van der Waals surface area contributed by atoms with Gasteiger partial charge in [0.25, 0.3) is 5.56 Å². The van der Waals surface area contributed by atoms with Gasteiger partial charge in [0.15, 0.2) is 0 Å². The summed E-state index contributed by atoms with van der Waals surface area (Å²) in [6.45, 7) is 3.14. The van der Waals surface area contributed by atoms with E-state index in [1.165, 1.54) is 6.21 Å². The molecule has 2 atom stereocenters. The maximum Gasteiger partial charge on any atom is 0.350 e. The van der Waals surface area contributed by atoms with Crippen molar-refractivity contribution in [1.29, 1.82) is 0 Å². The van der Waals surface area contributed by atoms with E-state index >= 15 is 0 Å². The van der Waals surface area contributed by atoms with Crippen LogP contribution in [-0.4, -0.2) is 57.6 Å². The van der Waals surface area contributed by atoms with Gasteiger partial charge in [-0.15, -0.1) is 4.68 Å². The molecule has 214 valence electrons. The first-order valence-corrected chi connectivity index (χ1v) is 13.9. The van der Waals surface area contributed by atoms with Crippen molar-refractivity contribution in [2.24, 2.45) is 11.0 Å². The Bertz CT molecular complexity index is 2050. The predicted octanol–water partition coefficient (Wildman–Crippen LogP) is 2.85. The van der Waals surface area contributed by atoms with Gasteiger partial charge in [-0.3, -0.25) is 14.5 Å². The van der Waals surface area contributed by atoms with Crippen LogP contribution in [0.4, 0.5) is 0 Å². The van der Waals surface area contributed by atoms with Gasteiger partial charge in [0.05, 0.1) is 26.0 Å². The second-order valence-electron chi connectivity index (χ2n) is 11.0. The highest BCUT2D eigenvalue weighted by atomic mass is 16.5. The van der Waals surface area contributed by atoms with Crippen molar-refractivity contribution >= 4 is 28.2 Å². The van der Waals surface area contributed by atoms with Gasteiger partial charge in [-0.25, -0.2) is 4.79 Å². The summed E-state index contributed by atoms with van der Waals surface area (Å²) in [5, 5.41) is 4.94. The predicted molar refractivity (Wildman–Crippen MR) is 160 cm³/mol. The van der Waals surface area contributed by atoms with Crippen molar-refractivity contribution in [2.45, 2.75) is 25.4 Å². The number of aromatic nitrogens is 4. The van der Waals surface area contributed by atoms with Gasteiger partial charge in [0.2, 0.25) is 0 Å². The summed E-state index contributed by atoms with van der Waals surface area (Å²) in [6.07, 6.45) is 2.59. The molecule has 1 saturated heterocycles. The SMILES string of the molecule is COc1ccc2[nH]c3c(=O)n(/N=C\c4ccc(OC)c(CN5C[C@@H]6C[C@@H](C5)c5cccc(=O)n5C6)c4)c(=O)[nH]c3c2c1. The molecule has 2 N–H and O–H groups in total. The molecule has 5 aromatic rings. The second-order valence-corrected chi connectivity index (χ2v) is 11.0. The van der Waals surface area contributed by atoms with Crippen molar-refractivity contribution < 1.29 is 9.47 Å². The fourth-order valence-corrected chi connectivity index (χ4v) is 6.54. The number of likely N-dealkylation sites (tertiary alicyclic amines) is 1. The zero-order chi connectivity index (χ0) is 29.0. The lowest BCUT2D eigenvalue weighted by Crippen LogP contribution is -2.46. The number of H-pyrrole nitrogens is 2. The molecule has 1 fully saturated rings. The minimum absolute atomic E-state index is 0.0752. The van der Waals surface area contributed by atoms with E-state index in [9.17, 15) is 14.4 Å². The van der Waals surface area contributed by atoms with Crippen molar-refractivity contribution in [1.82, 2.24) is 24.1 Å². The summed E-state index contributed by atoms with van der Waals surface area (Å²) in [5.74, 6) is 2.09. The molecule has 3 aromatic heterocycles. The standard InChI is InChI=1S/C31H30N6O5/c1-41-22-7-8-24-23(12-22)28-29(33-24)30(39)37(31(40)34-28)32-13-18-6-9-26(42-2)21(10-18)17-35-14-19-11-20(16-35)25-4-3-5-27(38)36(25)15-19/h3-10,12-13,19-20,33H,11,14-17H2,1-2H3,(H,34,40)/b32-13-/t19-,20-/m0/s1. The highest BCUT2D eigenvalue weighted by Gasteiger charge is 2.34. The van der Waals surface area contributed by atoms with E-state index < -0.39 is 11.2 Å². The topological polar surface area (TPSA) is 127 Å². The number of nitrogens with one attached hydrogen (secondary N) is 2. The van der Waals surface area contributed by atoms with Crippen LogP contribution in [-0.2, 0) is 13.1 Å². The first kappa shape index (κ1) is 26.0. The molecule has 0 saturated carbocycles. The van der Waals surface area contributed by atoms with E-state index in [0.717, 1.165) is 53.3 Å². The third kappa shape index (κ3) is 4.42. The molecular formula is C31H30N6O5. The minimum Gasteiger partial charge on any atom is -0.497 e. The highest BCUT2D eigenvalue weighted by molar-refractivity contribution is 6.04. The number of hydrogen-bond donors (Lipinski definition) is 2. The number of benzene rings is 2. The van der Waals surface area contributed by atoms with Crippen molar-refractivity contribution in [3.05, 3.63) is 103 Å². The summed E-state index contributed by atoms with van der Waals surface area (Å²) in [4.78, 5) is 46.8. The third-order valence-electron chi connectivity index (χ3n) is 8.41. The van der Waals surface area contributed by atoms with E-state index in [1.807, 2.05) is 28.8 Å². The van der Waals surface area contributed by atoms with E-state index in [4.69, 9.17) is 9.47 Å². The average Bonchev–Trinajstić information content (AvgIpc) is 3.35. The first-order valence-electron chi connectivity index (χ1n) is 13.9. The van der Waals surface area contributed by atoms with Gasteiger partial charge in [0.1, 0.15) is 17.0 Å². The van der Waals surface area contributed by atoms with Crippen molar-refractivity contribution in [2.75, 3.05) is 27.3 Å². The molecule has 0 unspecified atom stereocenters. The van der Waals surface area contributed by atoms with Crippen LogP contribution < -0.4 is 26.3 Å². The van der Waals surface area contributed by atoms with Crippen LogP contribution in [0.25, 0.3) is 21.9 Å². The molecule has 2 bridgehead atoms. The number of hydrogen-bond acceptors (Lipinski definition) is 7. The fourth-order valence-electron chi connectivity index (χ4n) is 6.54. The van der Waals surface area contributed by atoms with E-state index in [-0.39, 0.29) is 11.1 Å². The van der Waals surface area contributed by atoms with Crippen LogP contribution in [0, 0.1) is 5.92 Å². The van der Waals surface area contributed by atoms with Crippen LogP contribution in [0.3, 0.4) is 0 Å². The largest absolute Gasteiger partial charge is 0.497 e. The molecule has 2 aromatic carbocycles. The molecule has 2 aliphatic heterocycles. The maximum atomic E-state index is 13.2. The molecule has 5 heterocycles. The molecule has 0 spiro atoms. The van der Waals surface area contributed by atoms with E-state index in [0.29, 0.717) is 40.5 Å². The Morgan fingerprint density at radius 2 is 1.83 bits per heavy atom. The van der Waals surface area contributed by atoms with Crippen LogP contribution >= 0.6 is 0 Å². The maximum absolute atomic E-state index is 13.2. The van der Waals surface area contributed by atoms with E-state index in [2.05, 4.69) is 26.0 Å². The number of pyridine rings is 1. The Labute approximate surface area is 239 Å². The monoisotopic (exact) mass is 566 g/mol. The van der Waals surface area contributed by atoms with Gasteiger partial charge in [-0.2, -0.15) is 5.10 Å². The lowest BCUT2D eigenvalue weighted by Gasteiger charge is -2.42. The Morgan fingerprint density at radius 3 is 2.67 bits per heavy atom. The van der Waals surface area contributed by atoms with Crippen LogP contribution in [0.1, 0.15) is 29.2 Å². The van der Waals surface area contributed by atoms with Crippen LogP contribution in [0.5, 0.6) is 11.5 Å². The summed E-state index contributed by atoms with van der Waals surface area (Å²) < 4.78 is 13.7. The molecule has 2 aliphatic rings. The molecular weight excluding hydrogens is 536 g/mol. The van der Waals surface area contributed by atoms with Gasteiger partial charge >= 0.3 is 11.2 Å². The Balaban J connectivity index is 1.17. The molecule has 0 aliphatic carbocycles. The number of rotatable bonds is 6. The Kier molecular flexibility index (Phi) is 6.31. The normalized spacial score (nSPS) is 18.5. The van der Waals surface area contributed by atoms with Crippen LogP contribution in [0.15, 0.2) is 74.1 Å². The summed E-state index contributed by atoms with van der Waals surface area (Å²) >= 11 is 0. The highest BCUT2D eigenvalue weighted by Crippen LogP contribution is 2.36. The summed E-state index contributed by atoms with van der Waals surface area (Å²) in [5.41, 5.74) is 3.08. The van der Waals surface area contributed by atoms with Crippen LogP contribution in [0.2, 0.25) is 0 Å². The van der Waals surface area contributed by atoms with Gasteiger partial charge in [-0.05, 0) is 60.4 Å². The lowest BCUT2D eigenvalue weighted by atomic mass is 9.83. The zero-order valence-corrected chi connectivity index (χ0v) is 23.3. The fraction of sp³-hybridized carbons (Fsp3) is 0.290. The first-order chi connectivity index (χ1) is 20.4. The molecule has 0 radical (unpaired) electrons. The van der Waals surface area contributed by atoms with Crippen molar-refractivity contribution in [3.63, 3.8) is 0 Å². The van der Waals surface area contributed by atoms with Gasteiger partial charge < -0.3 is 24.0 Å². The Morgan fingerprint density at radius 1 is 0.952 bits per heavy atom. The number of methoxy groups -OCH3 is 2.